The van der Waals surface area contributed by atoms with Crippen molar-refractivity contribution in [3.8, 4) is 56.0 Å². The first-order valence-corrected chi connectivity index (χ1v) is 24.5. The summed E-state index contributed by atoms with van der Waals surface area (Å²) in [6.45, 7) is 1.97. The molecule has 5 aromatic carbocycles. The molecule has 0 aliphatic heterocycles. The maximum atomic E-state index is 13.8. The number of hydrogen-bond donors (Lipinski definition) is 0. The Bertz CT molecular complexity index is 3380. The largest absolute Gasteiger partial charge is 3.00 e. The molecule has 2 fully saturated rings. The van der Waals surface area contributed by atoms with Crippen LogP contribution in [0, 0.1) is 36.8 Å². The van der Waals surface area contributed by atoms with Gasteiger partial charge in [-0.05, 0) is 119 Å². The van der Waals surface area contributed by atoms with Gasteiger partial charge in [-0.3, -0.25) is 8.78 Å². The molecule has 0 atom stereocenters. The molecule has 2 aliphatic carbocycles. The number of benzene rings is 5. The number of aromatic nitrogens is 4. The van der Waals surface area contributed by atoms with E-state index in [1.807, 2.05) is 43.7 Å². The van der Waals surface area contributed by atoms with Gasteiger partial charge < -0.3 is 19.4 Å². The van der Waals surface area contributed by atoms with Gasteiger partial charge in [-0.15, -0.1) is 77.9 Å². The fourth-order valence-corrected chi connectivity index (χ4v) is 11.6. The second kappa shape index (κ2) is 19.3. The molecular weight excluding hydrogens is 1060 g/mol. The molecule has 71 heavy (non-hydrogen) atoms. The van der Waals surface area contributed by atoms with Gasteiger partial charge in [-0.25, -0.2) is 4.98 Å². The van der Waals surface area contributed by atoms with Gasteiger partial charge in [-0.1, -0.05) is 115 Å². The zero-order valence-electron chi connectivity index (χ0n) is 39.4. The number of rotatable bonds is 11. The Morgan fingerprint density at radius 3 is 1.63 bits per heavy atom. The van der Waals surface area contributed by atoms with Gasteiger partial charge in [-0.2, -0.15) is 0 Å². The van der Waals surface area contributed by atoms with Crippen molar-refractivity contribution in [3.05, 3.63) is 216 Å². The number of aryl methyl sites for hydroxylation is 1. The summed E-state index contributed by atoms with van der Waals surface area (Å²) in [5, 5.41) is 1.97. The van der Waals surface area contributed by atoms with Crippen molar-refractivity contribution in [3.63, 3.8) is 0 Å². The fraction of sp³-hybridized carbons (Fsp3) is 0.206. The second-order valence-electron chi connectivity index (χ2n) is 19.6. The van der Waals surface area contributed by atoms with Crippen LogP contribution >= 0.6 is 0 Å². The van der Waals surface area contributed by atoms with Crippen LogP contribution in [0.3, 0.4) is 0 Å². The van der Waals surface area contributed by atoms with E-state index in [2.05, 4.69) is 108 Å². The third kappa shape index (κ3) is 9.05. The summed E-state index contributed by atoms with van der Waals surface area (Å²) in [6.07, 6.45) is 16.8. The van der Waals surface area contributed by atoms with Crippen LogP contribution in [0.1, 0.15) is 79.3 Å². The molecule has 10 aromatic rings. The molecule has 2 saturated carbocycles. The molecule has 0 N–H and O–H groups in total. The van der Waals surface area contributed by atoms with E-state index >= 15 is 0 Å². The zero-order chi connectivity index (χ0) is 47.2. The van der Waals surface area contributed by atoms with Crippen LogP contribution in [0.4, 0.5) is 8.78 Å². The van der Waals surface area contributed by atoms with E-state index in [1.165, 1.54) is 52.1 Å². The minimum absolute atomic E-state index is 0. The number of pyridine rings is 4. The molecule has 0 saturated heterocycles. The average molecular weight is 1110 g/mol. The van der Waals surface area contributed by atoms with Crippen molar-refractivity contribution in [1.82, 2.24) is 19.9 Å². The van der Waals surface area contributed by atoms with Crippen molar-refractivity contribution in [1.29, 1.82) is 0 Å². The van der Waals surface area contributed by atoms with Crippen molar-refractivity contribution in [2.75, 3.05) is 0 Å². The predicted molar refractivity (Wildman–Crippen MR) is 274 cm³/mol. The van der Waals surface area contributed by atoms with Gasteiger partial charge in [0.15, 0.2) is 0 Å². The number of halogens is 2. The van der Waals surface area contributed by atoms with Crippen molar-refractivity contribution in [2.45, 2.75) is 82.0 Å². The summed E-state index contributed by atoms with van der Waals surface area (Å²) in [4.78, 5) is 19.6. The number of furan rings is 1. The first-order chi connectivity index (χ1) is 34.3. The number of hydrogen-bond acceptors (Lipinski definition) is 5. The fourth-order valence-electron chi connectivity index (χ4n) is 11.6. The summed E-state index contributed by atoms with van der Waals surface area (Å²) < 4.78 is 33.9. The predicted octanol–water partition coefficient (Wildman–Crippen LogP) is 15.6. The maximum absolute atomic E-state index is 13.8. The smallest absolute Gasteiger partial charge is 0.486 e. The van der Waals surface area contributed by atoms with Crippen LogP contribution < -0.4 is 0 Å². The molecule has 8 heteroatoms. The molecule has 350 valence electrons. The summed E-state index contributed by atoms with van der Waals surface area (Å²) in [5.74, 6) is -0.614. The molecule has 0 radical (unpaired) electrons. The van der Waals surface area contributed by atoms with Crippen LogP contribution in [0.5, 0.6) is 0 Å². The minimum Gasteiger partial charge on any atom is -0.486 e. The topological polar surface area (TPSA) is 64.7 Å². The van der Waals surface area contributed by atoms with Gasteiger partial charge in [0.2, 0.25) is 5.71 Å². The molecular formula is C63H49F2IrN4O. The molecule has 0 spiro atoms. The van der Waals surface area contributed by atoms with E-state index in [-0.39, 0.29) is 42.6 Å². The SMILES string of the molecule is Cc1ccc2c(n1)oc1c(-c3ccc(-c4ccccc4-c4cc(CC5(c6ccc(-c7[c-]cc(F)cc7)nc6)CCCC5)cc(CC5(c6ccc(-c7[c-]cc(F)cc7)nc6)CCCC5)c4)cn3)[c-]ccc12.[Ir+3]. The van der Waals surface area contributed by atoms with Crippen LogP contribution in [0.25, 0.3) is 78.1 Å². The van der Waals surface area contributed by atoms with Gasteiger partial charge in [0.1, 0.15) is 0 Å². The Kier molecular flexibility index (Phi) is 12.6. The van der Waals surface area contributed by atoms with Gasteiger partial charge in [0.05, 0.1) is 5.58 Å². The zero-order valence-corrected chi connectivity index (χ0v) is 41.8. The molecule has 12 rings (SSSR count). The maximum Gasteiger partial charge on any atom is 3.00 e. The Balaban J connectivity index is 0.00000547. The monoisotopic (exact) mass is 1110 g/mol. The Morgan fingerprint density at radius 2 is 1.11 bits per heavy atom. The van der Waals surface area contributed by atoms with E-state index in [0.29, 0.717) is 5.71 Å². The molecule has 5 aromatic heterocycles. The third-order valence-electron chi connectivity index (χ3n) is 15.1. The summed E-state index contributed by atoms with van der Waals surface area (Å²) >= 11 is 0. The number of fused-ring (bicyclic) bond motifs is 3. The molecule has 2 aliphatic rings. The van der Waals surface area contributed by atoms with E-state index in [1.54, 1.807) is 12.1 Å². The van der Waals surface area contributed by atoms with Crippen molar-refractivity contribution >= 4 is 22.1 Å². The standard InChI is InChI=1S/C63H49F2N4O.Ir/c1-41-13-25-55-54-11-8-12-56(60(54)70-61(55)69-41)59-26-18-46(38-66-59)52-9-2-3-10-53(52)47-34-42(36-62(29-4-5-30-62)48-19-27-57(67-39-48)44-14-21-50(64)22-15-44)33-43(35-47)37-63(31-6-7-32-63)49-20-28-58(68-40-49)45-16-23-51(65)24-17-45;/h2-3,8-11,13-14,16,18-28,33-35,38-40H,4-7,29-32,36-37H2,1H3;/q-3;+3. The van der Waals surface area contributed by atoms with Crippen LogP contribution in [0.2, 0.25) is 0 Å². The molecule has 0 amide bonds. The molecule has 0 unspecified atom stereocenters. The van der Waals surface area contributed by atoms with Crippen molar-refractivity contribution in [2.24, 2.45) is 0 Å². The normalized spacial score (nSPS) is 15.0. The van der Waals surface area contributed by atoms with Crippen LogP contribution in [-0.2, 0) is 43.8 Å². The summed E-state index contributed by atoms with van der Waals surface area (Å²) in [5.41, 5.74) is 16.4. The van der Waals surface area contributed by atoms with Crippen LogP contribution in [0.15, 0.2) is 163 Å². The quantitative estimate of drug-likeness (QED) is 0.121. The van der Waals surface area contributed by atoms with Gasteiger partial charge in [0, 0.05) is 52.1 Å². The van der Waals surface area contributed by atoms with E-state index in [0.717, 1.165) is 137 Å². The van der Waals surface area contributed by atoms with Crippen molar-refractivity contribution < 1.29 is 33.3 Å². The van der Waals surface area contributed by atoms with Crippen LogP contribution in [-0.4, -0.2) is 19.9 Å². The van der Waals surface area contributed by atoms with Gasteiger partial charge in [0.25, 0.3) is 0 Å². The average Bonchev–Trinajstić information content (AvgIpc) is 4.17. The number of nitrogens with zero attached hydrogens (tertiary/aromatic N) is 4. The van der Waals surface area contributed by atoms with E-state index < -0.39 is 0 Å². The summed E-state index contributed by atoms with van der Waals surface area (Å²) in [6, 6.07) is 55.5. The first kappa shape index (κ1) is 46.4. The Morgan fingerprint density at radius 1 is 0.549 bits per heavy atom. The van der Waals surface area contributed by atoms with E-state index in [9.17, 15) is 8.78 Å². The van der Waals surface area contributed by atoms with Gasteiger partial charge >= 0.3 is 20.1 Å². The molecule has 0 bridgehead atoms. The molecule has 5 nitrogen and oxygen atoms in total. The summed E-state index contributed by atoms with van der Waals surface area (Å²) in [7, 11) is 0. The Hall–Kier alpha value is -6.99. The second-order valence-corrected chi connectivity index (χ2v) is 19.6. The van der Waals surface area contributed by atoms with E-state index in [4.69, 9.17) is 19.4 Å². The molecule has 5 heterocycles. The first-order valence-electron chi connectivity index (χ1n) is 24.5. The minimum atomic E-state index is -0.307. The Labute approximate surface area is 426 Å². The third-order valence-corrected chi connectivity index (χ3v) is 15.1.